The molecular weight excluding hydrogens is 288 g/mol. The third-order valence-electron chi connectivity index (χ3n) is 3.93. The van der Waals surface area contributed by atoms with Crippen LogP contribution in [0.1, 0.15) is 38.3 Å². The maximum atomic E-state index is 12.4. The number of hydrogen-bond donors (Lipinski definition) is 2. The minimum absolute atomic E-state index is 0.0187. The fourth-order valence-corrected chi connectivity index (χ4v) is 3.83. The summed E-state index contributed by atoms with van der Waals surface area (Å²) in [6.45, 7) is 4.90. The molecule has 1 saturated carbocycles. The van der Waals surface area contributed by atoms with Gasteiger partial charge in [0, 0.05) is 19.2 Å². The summed E-state index contributed by atoms with van der Waals surface area (Å²) in [7, 11) is -1.80. The van der Waals surface area contributed by atoms with Crippen molar-refractivity contribution in [3.8, 4) is 0 Å². The molecule has 1 fully saturated rings. The highest BCUT2D eigenvalue weighted by molar-refractivity contribution is 7.89. The molecule has 0 spiro atoms. The zero-order valence-corrected chi connectivity index (χ0v) is 13.6. The topological polar surface area (TPSA) is 67.4 Å². The van der Waals surface area contributed by atoms with E-state index in [-0.39, 0.29) is 18.2 Å². The van der Waals surface area contributed by atoms with Crippen LogP contribution in [0.15, 0.2) is 29.2 Å². The smallest absolute Gasteiger partial charge is 0.240 e. The van der Waals surface area contributed by atoms with Crippen LogP contribution in [0.2, 0.25) is 0 Å². The first-order chi connectivity index (χ1) is 9.96. The molecule has 5 nitrogen and oxygen atoms in total. The average Bonchev–Trinajstić information content (AvgIpc) is 2.43. The highest BCUT2D eigenvalue weighted by Crippen LogP contribution is 2.25. The lowest BCUT2D eigenvalue weighted by Gasteiger charge is -2.34. The predicted octanol–water partition coefficient (Wildman–Crippen LogP) is 1.81. The first kappa shape index (κ1) is 16.4. The van der Waals surface area contributed by atoms with Crippen LogP contribution in [-0.4, -0.2) is 34.2 Å². The summed E-state index contributed by atoms with van der Waals surface area (Å²) in [4.78, 5) is 0.325. The van der Waals surface area contributed by atoms with Crippen LogP contribution < -0.4 is 10.0 Å². The van der Waals surface area contributed by atoms with Gasteiger partial charge in [-0.2, -0.15) is 0 Å². The summed E-state index contributed by atoms with van der Waals surface area (Å²) in [6, 6.07) is 7.22. The second-order valence-electron chi connectivity index (χ2n) is 5.50. The van der Waals surface area contributed by atoms with Crippen molar-refractivity contribution in [1.82, 2.24) is 10.0 Å². The van der Waals surface area contributed by atoms with Gasteiger partial charge in [-0.3, -0.25) is 0 Å². The van der Waals surface area contributed by atoms with E-state index in [9.17, 15) is 8.42 Å². The lowest BCUT2D eigenvalue weighted by Crippen LogP contribution is -2.47. The largest absolute Gasteiger partial charge is 0.381 e. The lowest BCUT2D eigenvalue weighted by molar-refractivity contribution is 0.0236. The molecule has 1 unspecified atom stereocenters. The van der Waals surface area contributed by atoms with Crippen LogP contribution in [0, 0.1) is 0 Å². The van der Waals surface area contributed by atoms with E-state index >= 15 is 0 Å². The molecule has 1 aromatic rings. The second kappa shape index (κ2) is 6.87. The van der Waals surface area contributed by atoms with E-state index < -0.39 is 10.0 Å². The van der Waals surface area contributed by atoms with Gasteiger partial charge in [0.2, 0.25) is 10.0 Å². The van der Waals surface area contributed by atoms with Crippen molar-refractivity contribution in [2.75, 3.05) is 13.7 Å². The summed E-state index contributed by atoms with van der Waals surface area (Å²) in [5.74, 6) is 0. The van der Waals surface area contributed by atoms with E-state index in [1.54, 1.807) is 25.3 Å². The van der Waals surface area contributed by atoms with Crippen molar-refractivity contribution in [3.63, 3.8) is 0 Å². The van der Waals surface area contributed by atoms with Crippen molar-refractivity contribution in [3.05, 3.63) is 29.8 Å². The monoisotopic (exact) mass is 312 g/mol. The number of rotatable bonds is 7. The van der Waals surface area contributed by atoms with E-state index in [1.807, 2.05) is 19.9 Å². The van der Waals surface area contributed by atoms with Crippen LogP contribution in [0.25, 0.3) is 0 Å². The summed E-state index contributed by atoms with van der Waals surface area (Å²) in [6.07, 6.45) is 1.66. The number of methoxy groups -OCH3 is 1. The predicted molar refractivity (Wildman–Crippen MR) is 82.7 cm³/mol. The van der Waals surface area contributed by atoms with Gasteiger partial charge in [0.25, 0.3) is 0 Å². The first-order valence-corrected chi connectivity index (χ1v) is 8.83. The Morgan fingerprint density at radius 2 is 2.10 bits per heavy atom. The minimum Gasteiger partial charge on any atom is -0.381 e. The summed E-state index contributed by atoms with van der Waals surface area (Å²) >= 11 is 0. The number of sulfonamides is 1. The highest BCUT2D eigenvalue weighted by Gasteiger charge is 2.32. The zero-order valence-electron chi connectivity index (χ0n) is 12.8. The molecule has 2 N–H and O–H groups in total. The molecule has 1 atom stereocenters. The van der Waals surface area contributed by atoms with Crippen LogP contribution in [0.5, 0.6) is 0 Å². The molecule has 1 aromatic carbocycles. The van der Waals surface area contributed by atoms with Gasteiger partial charge >= 0.3 is 0 Å². The van der Waals surface area contributed by atoms with Crippen LogP contribution in [-0.2, 0) is 14.8 Å². The van der Waals surface area contributed by atoms with Gasteiger partial charge in [0.15, 0.2) is 0 Å². The molecule has 0 amide bonds. The van der Waals surface area contributed by atoms with Crippen LogP contribution in [0.4, 0.5) is 0 Å². The molecular formula is C15H24N2O3S. The van der Waals surface area contributed by atoms with Crippen molar-refractivity contribution < 1.29 is 13.2 Å². The third kappa shape index (κ3) is 4.03. The van der Waals surface area contributed by atoms with Crippen molar-refractivity contribution >= 4 is 10.0 Å². The van der Waals surface area contributed by atoms with Gasteiger partial charge in [-0.15, -0.1) is 0 Å². The van der Waals surface area contributed by atoms with Gasteiger partial charge in [-0.1, -0.05) is 19.1 Å². The van der Waals surface area contributed by atoms with Crippen molar-refractivity contribution in [1.29, 1.82) is 0 Å². The van der Waals surface area contributed by atoms with Gasteiger partial charge in [-0.25, -0.2) is 13.1 Å². The maximum Gasteiger partial charge on any atom is 0.240 e. The summed E-state index contributed by atoms with van der Waals surface area (Å²) in [5.41, 5.74) is 0.975. The maximum absolute atomic E-state index is 12.4. The van der Waals surface area contributed by atoms with Gasteiger partial charge in [-0.05, 0) is 44.0 Å². The van der Waals surface area contributed by atoms with Crippen molar-refractivity contribution in [2.45, 2.75) is 49.8 Å². The zero-order chi connectivity index (χ0) is 15.5. The second-order valence-corrected chi connectivity index (χ2v) is 7.21. The molecule has 0 radical (unpaired) electrons. The summed E-state index contributed by atoms with van der Waals surface area (Å²) < 4.78 is 32.7. The van der Waals surface area contributed by atoms with E-state index in [1.165, 1.54) is 0 Å². The number of ether oxygens (including phenoxy) is 1. The lowest BCUT2D eigenvalue weighted by atomic mass is 9.90. The fourth-order valence-electron chi connectivity index (χ4n) is 2.52. The standard InChI is InChI=1S/C15H24N2O3S/c1-4-16-11(2)12-6-5-7-15(8-12)21(18,19)17-13-9-14(10-13)20-3/h5-8,11,13-14,16-17H,4,9-10H2,1-3H3. The Kier molecular flexibility index (Phi) is 5.37. The molecule has 0 heterocycles. The Bertz CT molecular complexity index is 568. The first-order valence-electron chi connectivity index (χ1n) is 7.34. The molecule has 0 aliphatic heterocycles. The normalized spacial score (nSPS) is 23.6. The minimum atomic E-state index is -3.46. The molecule has 0 bridgehead atoms. The Balaban J connectivity index is 2.08. The number of hydrogen-bond acceptors (Lipinski definition) is 4. The van der Waals surface area contributed by atoms with Gasteiger partial charge in [0.1, 0.15) is 0 Å². The molecule has 6 heteroatoms. The highest BCUT2D eigenvalue weighted by atomic mass is 32.2. The molecule has 21 heavy (non-hydrogen) atoms. The number of benzene rings is 1. The van der Waals surface area contributed by atoms with Crippen LogP contribution >= 0.6 is 0 Å². The molecule has 118 valence electrons. The van der Waals surface area contributed by atoms with Gasteiger partial charge < -0.3 is 10.1 Å². The molecule has 1 aliphatic carbocycles. The van der Waals surface area contributed by atoms with Gasteiger partial charge in [0.05, 0.1) is 11.0 Å². The van der Waals surface area contributed by atoms with E-state index in [4.69, 9.17) is 4.74 Å². The van der Waals surface area contributed by atoms with E-state index in [0.717, 1.165) is 24.9 Å². The van der Waals surface area contributed by atoms with Crippen molar-refractivity contribution in [2.24, 2.45) is 0 Å². The third-order valence-corrected chi connectivity index (χ3v) is 5.45. The molecule has 0 saturated heterocycles. The quantitative estimate of drug-likeness (QED) is 0.806. The van der Waals surface area contributed by atoms with Crippen LogP contribution in [0.3, 0.4) is 0 Å². The Labute approximate surface area is 127 Å². The Morgan fingerprint density at radius 1 is 1.38 bits per heavy atom. The molecule has 1 aliphatic rings. The number of nitrogens with one attached hydrogen (secondary N) is 2. The SMILES string of the molecule is CCNC(C)c1cccc(S(=O)(=O)NC2CC(OC)C2)c1. The molecule has 0 aromatic heterocycles. The Morgan fingerprint density at radius 3 is 2.71 bits per heavy atom. The van der Waals surface area contributed by atoms with E-state index in [0.29, 0.717) is 4.90 Å². The Hall–Kier alpha value is -0.950. The van der Waals surface area contributed by atoms with E-state index in [2.05, 4.69) is 10.0 Å². The molecule has 2 rings (SSSR count). The fraction of sp³-hybridized carbons (Fsp3) is 0.600. The average molecular weight is 312 g/mol. The summed E-state index contributed by atoms with van der Waals surface area (Å²) in [5, 5.41) is 3.29.